The molecule has 3 heterocycles. The van der Waals surface area contributed by atoms with Crippen LogP contribution in [-0.2, 0) is 30.6 Å². The molecule has 17 heteroatoms. The molecule has 3 rings (SSSR count). The molecule has 2 saturated heterocycles. The number of nitrogens with zero attached hydrogens (tertiary/aromatic N) is 5. The normalized spacial score (nSPS) is 19.7. The highest BCUT2D eigenvalue weighted by atomic mass is 32.3. The summed E-state index contributed by atoms with van der Waals surface area (Å²) in [6, 6.07) is -1.90. The van der Waals surface area contributed by atoms with E-state index in [-0.39, 0.29) is 44.4 Å². The molecule has 2 aliphatic heterocycles. The minimum absolute atomic E-state index is 0.117. The summed E-state index contributed by atoms with van der Waals surface area (Å²) in [4.78, 5) is 40.1. The lowest BCUT2D eigenvalue weighted by Gasteiger charge is -2.28. The predicted octanol–water partition coefficient (Wildman–Crippen LogP) is 2.05. The number of hydrogen-bond acceptors (Lipinski definition) is 11. The minimum atomic E-state index is -4.86. The number of carbonyl (C=O) groups excluding carboxylic acids is 3. The molecule has 0 saturated carbocycles. The fourth-order valence-corrected chi connectivity index (χ4v) is 4.44. The Morgan fingerprint density at radius 1 is 1.10 bits per heavy atom. The Balaban J connectivity index is 1.61. The highest BCUT2D eigenvalue weighted by Crippen LogP contribution is 2.38. The van der Waals surface area contributed by atoms with Crippen LogP contribution in [0.5, 0.6) is 0 Å². The number of nitrogens with one attached hydrogen (secondary N) is 1. The number of alkyl carbamates (subject to hydrolysis) is 1. The summed E-state index contributed by atoms with van der Waals surface area (Å²) in [5.74, 6) is 0.361. The molecule has 2 N–H and O–H groups in total. The topological polar surface area (TPSA) is 194 Å². The maximum Gasteiger partial charge on any atom is 0.418 e. The molecule has 2 bridgehead atoms. The Hall–Kier alpha value is -3.18. The number of carbonyl (C=O) groups is 3. The van der Waals surface area contributed by atoms with Crippen LogP contribution in [0.3, 0.4) is 0 Å². The fraction of sp³-hybridized carbons (Fsp3) is 0.773. The zero-order valence-electron chi connectivity index (χ0n) is 22.9. The quantitative estimate of drug-likeness (QED) is 0.407. The van der Waals surface area contributed by atoms with Gasteiger partial charge in [-0.2, -0.15) is 13.5 Å². The number of piperidine rings is 1. The van der Waals surface area contributed by atoms with Crippen LogP contribution in [0.4, 0.5) is 14.4 Å². The van der Waals surface area contributed by atoms with Crippen LogP contribution < -0.4 is 5.32 Å². The minimum Gasteiger partial charge on any atom is -0.444 e. The fourth-order valence-electron chi connectivity index (χ4n) is 4.05. The summed E-state index contributed by atoms with van der Waals surface area (Å²) in [5, 5.41) is 11.3. The average Bonchev–Trinajstić information content (AvgIpc) is 3.32. The van der Waals surface area contributed by atoms with Gasteiger partial charge in [-0.05, 0) is 54.4 Å². The lowest BCUT2D eigenvalue weighted by molar-refractivity contribution is -0.0317. The van der Waals surface area contributed by atoms with Crippen LogP contribution in [0.25, 0.3) is 0 Å². The number of amides is 4. The third kappa shape index (κ3) is 8.93. The lowest BCUT2D eigenvalue weighted by atomic mass is 10.0. The summed E-state index contributed by atoms with van der Waals surface area (Å²) in [6.45, 7) is 11.0. The van der Waals surface area contributed by atoms with E-state index in [2.05, 4.69) is 19.8 Å². The summed E-state index contributed by atoms with van der Waals surface area (Å²) in [6.07, 6.45) is -0.242. The number of rotatable bonds is 9. The van der Waals surface area contributed by atoms with E-state index in [1.807, 2.05) is 0 Å². The van der Waals surface area contributed by atoms with Crippen molar-refractivity contribution in [2.45, 2.75) is 84.1 Å². The van der Waals surface area contributed by atoms with Gasteiger partial charge in [0.25, 0.3) is 0 Å². The van der Waals surface area contributed by atoms with Crippen molar-refractivity contribution in [3.05, 3.63) is 11.8 Å². The standard InChI is InChI=1S/C22H36N6O10S/c1-21(2,3)36-18(29)23-10-12-26(20(31)37-22(4,5)6)11-9-16-24-25-17(35-16)15-8-7-14-13-27(15)19(30)28(14)38-39(32,33)34/h14-15H,7-13H2,1-6H3,(H,23,29)(H,32,33,34)/t14-,15-/m0/s1. The Morgan fingerprint density at radius 2 is 1.77 bits per heavy atom. The van der Waals surface area contributed by atoms with Crippen molar-refractivity contribution in [1.82, 2.24) is 30.4 Å². The number of urea groups is 1. The third-order valence-corrected chi connectivity index (χ3v) is 5.91. The Morgan fingerprint density at radius 3 is 2.38 bits per heavy atom. The smallest absolute Gasteiger partial charge is 0.418 e. The van der Waals surface area contributed by atoms with Gasteiger partial charge in [0.1, 0.15) is 17.2 Å². The van der Waals surface area contributed by atoms with Crippen molar-refractivity contribution in [3.8, 4) is 0 Å². The van der Waals surface area contributed by atoms with E-state index in [0.717, 1.165) is 0 Å². The average molecular weight is 577 g/mol. The molecule has 16 nitrogen and oxygen atoms in total. The maximum atomic E-state index is 12.8. The molecule has 1 aromatic heterocycles. The van der Waals surface area contributed by atoms with E-state index in [1.165, 1.54) is 9.80 Å². The van der Waals surface area contributed by atoms with Crippen molar-refractivity contribution in [2.24, 2.45) is 0 Å². The molecule has 0 radical (unpaired) electrons. The van der Waals surface area contributed by atoms with Crippen molar-refractivity contribution in [3.63, 3.8) is 0 Å². The van der Waals surface area contributed by atoms with Gasteiger partial charge in [-0.3, -0.25) is 4.55 Å². The van der Waals surface area contributed by atoms with E-state index in [1.54, 1.807) is 41.5 Å². The van der Waals surface area contributed by atoms with Crippen LogP contribution in [0, 0.1) is 0 Å². The first-order valence-corrected chi connectivity index (χ1v) is 13.8. The molecule has 220 valence electrons. The van der Waals surface area contributed by atoms with Crippen LogP contribution in [0.1, 0.15) is 72.2 Å². The first-order chi connectivity index (χ1) is 17.9. The van der Waals surface area contributed by atoms with Crippen molar-refractivity contribution in [1.29, 1.82) is 0 Å². The summed E-state index contributed by atoms with van der Waals surface area (Å²) in [7, 11) is -4.86. The van der Waals surface area contributed by atoms with E-state index in [9.17, 15) is 22.8 Å². The summed E-state index contributed by atoms with van der Waals surface area (Å²) < 4.78 is 52.0. The Bertz CT molecular complexity index is 1160. The van der Waals surface area contributed by atoms with Gasteiger partial charge in [0.05, 0.1) is 6.04 Å². The zero-order chi connectivity index (χ0) is 29.2. The van der Waals surface area contributed by atoms with Gasteiger partial charge in [-0.25, -0.2) is 14.4 Å². The molecule has 0 aromatic carbocycles. The first kappa shape index (κ1) is 30.4. The second-order valence-corrected chi connectivity index (χ2v) is 12.2. The zero-order valence-corrected chi connectivity index (χ0v) is 23.7. The van der Waals surface area contributed by atoms with Gasteiger partial charge in [-0.1, -0.05) is 0 Å². The second kappa shape index (κ2) is 11.5. The number of hydrogen-bond donors (Lipinski definition) is 2. The molecule has 39 heavy (non-hydrogen) atoms. The Kier molecular flexibility index (Phi) is 8.96. The highest BCUT2D eigenvalue weighted by molar-refractivity contribution is 7.80. The van der Waals surface area contributed by atoms with E-state index in [4.69, 9.17) is 18.4 Å². The molecule has 1 aromatic rings. The van der Waals surface area contributed by atoms with Crippen LogP contribution in [0.15, 0.2) is 4.42 Å². The van der Waals surface area contributed by atoms with Crippen molar-refractivity contribution in [2.75, 3.05) is 26.2 Å². The van der Waals surface area contributed by atoms with Gasteiger partial charge in [0.15, 0.2) is 0 Å². The second-order valence-electron chi connectivity index (χ2n) is 11.2. The van der Waals surface area contributed by atoms with Crippen LogP contribution in [-0.4, -0.2) is 99.7 Å². The monoisotopic (exact) mass is 576 g/mol. The molecule has 2 fully saturated rings. The first-order valence-electron chi connectivity index (χ1n) is 12.5. The predicted molar refractivity (Wildman–Crippen MR) is 132 cm³/mol. The molecule has 4 amide bonds. The van der Waals surface area contributed by atoms with E-state index in [0.29, 0.717) is 17.9 Å². The molecular formula is C22H36N6O10S. The maximum absolute atomic E-state index is 12.8. The van der Waals surface area contributed by atoms with E-state index >= 15 is 0 Å². The molecule has 2 atom stereocenters. The third-order valence-electron chi connectivity index (χ3n) is 5.56. The Labute approximate surface area is 226 Å². The highest BCUT2D eigenvalue weighted by Gasteiger charge is 2.49. The largest absolute Gasteiger partial charge is 0.444 e. The van der Waals surface area contributed by atoms with Gasteiger partial charge in [0, 0.05) is 32.6 Å². The molecular weight excluding hydrogens is 540 g/mol. The summed E-state index contributed by atoms with van der Waals surface area (Å²) >= 11 is 0. The number of ether oxygens (including phenoxy) is 2. The lowest BCUT2D eigenvalue weighted by Crippen LogP contribution is -2.43. The molecule has 0 unspecified atom stereocenters. The van der Waals surface area contributed by atoms with Gasteiger partial charge in [-0.15, -0.1) is 14.5 Å². The van der Waals surface area contributed by atoms with E-state index < -0.39 is 51.9 Å². The van der Waals surface area contributed by atoms with Crippen molar-refractivity contribution < 1.29 is 45.5 Å². The number of aromatic nitrogens is 2. The number of hydroxylamine groups is 2. The summed E-state index contributed by atoms with van der Waals surface area (Å²) in [5.41, 5.74) is -1.40. The van der Waals surface area contributed by atoms with Gasteiger partial charge < -0.3 is 29.0 Å². The van der Waals surface area contributed by atoms with Crippen molar-refractivity contribution >= 4 is 28.6 Å². The molecule has 0 spiro atoms. The molecule has 0 aliphatic carbocycles. The van der Waals surface area contributed by atoms with Crippen LogP contribution in [0.2, 0.25) is 0 Å². The molecule has 2 aliphatic rings. The number of fused-ring (bicyclic) bond motifs is 2. The SMILES string of the molecule is CC(C)(C)OC(=O)NCCN(CCc1nnc([C@@H]2CC[C@H]3CN2C(=O)N3OS(=O)(=O)O)o1)C(=O)OC(C)(C)C. The van der Waals surface area contributed by atoms with Crippen LogP contribution >= 0.6 is 0 Å². The van der Waals surface area contributed by atoms with Gasteiger partial charge in [0.2, 0.25) is 11.8 Å². The van der Waals surface area contributed by atoms with Gasteiger partial charge >= 0.3 is 28.6 Å².